The summed E-state index contributed by atoms with van der Waals surface area (Å²) in [6.45, 7) is 5.95. The Labute approximate surface area is 119 Å². The van der Waals surface area contributed by atoms with Gasteiger partial charge >= 0.3 is 5.97 Å². The lowest BCUT2D eigenvalue weighted by atomic mass is 10.1. The first-order chi connectivity index (χ1) is 9.60. The standard InChI is InChI=1S/C14H24N4O2/c1-4-10(2)18-12(15)11(14(19)20-3)13(16-18)17-8-6-5-7-9-17/h10H,4-9,15H2,1-3H3. The van der Waals surface area contributed by atoms with Crippen molar-refractivity contribution in [2.75, 3.05) is 30.8 Å². The van der Waals surface area contributed by atoms with E-state index >= 15 is 0 Å². The van der Waals surface area contributed by atoms with Gasteiger partial charge < -0.3 is 15.4 Å². The van der Waals surface area contributed by atoms with Crippen LogP contribution >= 0.6 is 0 Å². The third-order valence-corrected chi connectivity index (χ3v) is 3.98. The number of ether oxygens (including phenoxy) is 1. The number of rotatable bonds is 4. The fraction of sp³-hybridized carbons (Fsp3) is 0.714. The molecular weight excluding hydrogens is 256 g/mol. The molecule has 1 aromatic heterocycles. The van der Waals surface area contributed by atoms with Gasteiger partial charge in [0.25, 0.3) is 0 Å². The molecule has 0 bridgehead atoms. The van der Waals surface area contributed by atoms with E-state index in [1.54, 1.807) is 4.68 Å². The van der Waals surface area contributed by atoms with Crippen LogP contribution in [0.25, 0.3) is 0 Å². The van der Waals surface area contributed by atoms with Gasteiger partial charge in [0, 0.05) is 13.1 Å². The predicted molar refractivity (Wildman–Crippen MR) is 79.0 cm³/mol. The van der Waals surface area contributed by atoms with Gasteiger partial charge in [0.15, 0.2) is 5.82 Å². The van der Waals surface area contributed by atoms with Crippen LogP contribution in [0.15, 0.2) is 0 Å². The van der Waals surface area contributed by atoms with E-state index in [-0.39, 0.29) is 6.04 Å². The number of hydrogen-bond acceptors (Lipinski definition) is 5. The van der Waals surface area contributed by atoms with Gasteiger partial charge in [-0.05, 0) is 32.6 Å². The molecule has 1 fully saturated rings. The highest BCUT2D eigenvalue weighted by Crippen LogP contribution is 2.30. The highest BCUT2D eigenvalue weighted by molar-refractivity contribution is 5.99. The van der Waals surface area contributed by atoms with E-state index in [9.17, 15) is 4.79 Å². The smallest absolute Gasteiger partial charge is 0.345 e. The molecule has 1 aliphatic rings. The second-order valence-corrected chi connectivity index (χ2v) is 5.32. The van der Waals surface area contributed by atoms with Gasteiger partial charge in [-0.25, -0.2) is 9.48 Å². The van der Waals surface area contributed by atoms with Gasteiger partial charge in [-0.1, -0.05) is 6.92 Å². The van der Waals surface area contributed by atoms with Gasteiger partial charge in [0.2, 0.25) is 0 Å². The summed E-state index contributed by atoms with van der Waals surface area (Å²) in [5, 5.41) is 4.59. The third-order valence-electron chi connectivity index (χ3n) is 3.98. The van der Waals surface area contributed by atoms with Gasteiger partial charge in [-0.3, -0.25) is 0 Å². The molecule has 2 N–H and O–H groups in total. The maximum Gasteiger partial charge on any atom is 0.345 e. The maximum absolute atomic E-state index is 12.0. The zero-order valence-electron chi connectivity index (χ0n) is 12.6. The molecule has 0 radical (unpaired) electrons. The van der Waals surface area contributed by atoms with Crippen molar-refractivity contribution in [2.24, 2.45) is 0 Å². The van der Waals surface area contributed by atoms with Crippen molar-refractivity contribution in [1.82, 2.24) is 9.78 Å². The maximum atomic E-state index is 12.0. The molecule has 2 rings (SSSR count). The Kier molecular flexibility index (Phi) is 4.52. The van der Waals surface area contributed by atoms with Crippen LogP contribution in [0.1, 0.15) is 55.9 Å². The molecule has 0 saturated carbocycles. The number of carbonyl (C=O) groups excluding carboxylic acids is 1. The van der Waals surface area contributed by atoms with Crippen LogP contribution in [0, 0.1) is 0 Å². The quantitative estimate of drug-likeness (QED) is 0.856. The topological polar surface area (TPSA) is 73.4 Å². The number of anilines is 2. The predicted octanol–water partition coefficient (Wildman–Crippen LogP) is 2.21. The van der Waals surface area contributed by atoms with Crippen LogP contribution in [0.3, 0.4) is 0 Å². The minimum atomic E-state index is -0.405. The summed E-state index contributed by atoms with van der Waals surface area (Å²) in [6.07, 6.45) is 4.38. The van der Waals surface area contributed by atoms with Crippen LogP contribution in [-0.4, -0.2) is 35.9 Å². The Morgan fingerprint density at radius 3 is 2.60 bits per heavy atom. The Morgan fingerprint density at radius 1 is 1.40 bits per heavy atom. The van der Waals surface area contributed by atoms with Crippen molar-refractivity contribution in [3.63, 3.8) is 0 Å². The Balaban J connectivity index is 2.44. The van der Waals surface area contributed by atoms with E-state index in [1.807, 2.05) is 6.92 Å². The fourth-order valence-electron chi connectivity index (χ4n) is 2.57. The highest BCUT2D eigenvalue weighted by atomic mass is 16.5. The van der Waals surface area contributed by atoms with E-state index in [0.29, 0.717) is 17.2 Å². The van der Waals surface area contributed by atoms with Gasteiger partial charge in [-0.15, -0.1) is 0 Å². The van der Waals surface area contributed by atoms with Crippen molar-refractivity contribution in [3.05, 3.63) is 5.56 Å². The van der Waals surface area contributed by atoms with E-state index < -0.39 is 5.97 Å². The molecule has 2 heterocycles. The van der Waals surface area contributed by atoms with E-state index in [1.165, 1.54) is 13.5 Å². The number of nitrogen functional groups attached to an aromatic ring is 1. The summed E-state index contributed by atoms with van der Waals surface area (Å²) < 4.78 is 6.62. The molecule has 112 valence electrons. The van der Waals surface area contributed by atoms with Gasteiger partial charge in [0.1, 0.15) is 11.4 Å². The molecule has 1 aromatic rings. The summed E-state index contributed by atoms with van der Waals surface area (Å²) in [7, 11) is 1.38. The average molecular weight is 280 g/mol. The van der Waals surface area contributed by atoms with E-state index in [4.69, 9.17) is 10.5 Å². The lowest BCUT2D eigenvalue weighted by molar-refractivity contribution is 0.0602. The SMILES string of the molecule is CCC(C)n1nc(N2CCCCC2)c(C(=O)OC)c1N. The monoisotopic (exact) mass is 280 g/mol. The van der Waals surface area contributed by atoms with Gasteiger partial charge in [0.05, 0.1) is 13.2 Å². The minimum Gasteiger partial charge on any atom is -0.465 e. The summed E-state index contributed by atoms with van der Waals surface area (Å²) in [5.41, 5.74) is 6.55. The average Bonchev–Trinajstić information content (AvgIpc) is 2.84. The number of hydrogen-bond donors (Lipinski definition) is 1. The molecule has 0 amide bonds. The van der Waals surface area contributed by atoms with Crippen LogP contribution in [0.2, 0.25) is 0 Å². The Hall–Kier alpha value is -1.72. The van der Waals surface area contributed by atoms with Crippen molar-refractivity contribution in [3.8, 4) is 0 Å². The van der Waals surface area contributed by atoms with E-state index in [2.05, 4.69) is 16.9 Å². The van der Waals surface area contributed by atoms with Crippen molar-refractivity contribution >= 4 is 17.6 Å². The van der Waals surface area contributed by atoms with Crippen molar-refractivity contribution in [1.29, 1.82) is 0 Å². The van der Waals surface area contributed by atoms with Crippen molar-refractivity contribution in [2.45, 2.75) is 45.6 Å². The molecule has 0 aliphatic carbocycles. The number of nitrogens with zero attached hydrogens (tertiary/aromatic N) is 3. The van der Waals surface area contributed by atoms with E-state index in [0.717, 1.165) is 32.4 Å². The summed E-state index contributed by atoms with van der Waals surface area (Å²) >= 11 is 0. The number of methoxy groups -OCH3 is 1. The number of piperidine rings is 1. The van der Waals surface area contributed by atoms with Crippen LogP contribution in [-0.2, 0) is 4.74 Å². The number of carbonyl (C=O) groups is 1. The lowest BCUT2D eigenvalue weighted by Gasteiger charge is -2.27. The molecular formula is C14H24N4O2. The first kappa shape index (κ1) is 14.7. The molecule has 6 heteroatoms. The zero-order valence-corrected chi connectivity index (χ0v) is 12.6. The van der Waals surface area contributed by atoms with Crippen LogP contribution < -0.4 is 10.6 Å². The largest absolute Gasteiger partial charge is 0.465 e. The Morgan fingerprint density at radius 2 is 2.05 bits per heavy atom. The number of aromatic nitrogens is 2. The number of nitrogens with two attached hydrogens (primary N) is 1. The lowest BCUT2D eigenvalue weighted by Crippen LogP contribution is -2.31. The normalized spacial score (nSPS) is 17.1. The molecule has 1 aliphatic heterocycles. The summed E-state index contributed by atoms with van der Waals surface area (Å²) in [4.78, 5) is 14.2. The fourth-order valence-corrected chi connectivity index (χ4v) is 2.57. The van der Waals surface area contributed by atoms with Crippen LogP contribution in [0.4, 0.5) is 11.6 Å². The second-order valence-electron chi connectivity index (χ2n) is 5.32. The zero-order chi connectivity index (χ0) is 14.7. The number of esters is 1. The van der Waals surface area contributed by atoms with Crippen LogP contribution in [0.5, 0.6) is 0 Å². The molecule has 1 unspecified atom stereocenters. The first-order valence-corrected chi connectivity index (χ1v) is 7.31. The third kappa shape index (κ3) is 2.59. The molecule has 0 spiro atoms. The summed E-state index contributed by atoms with van der Waals surface area (Å²) in [5.74, 6) is 0.679. The summed E-state index contributed by atoms with van der Waals surface area (Å²) in [6, 6.07) is 0.164. The first-order valence-electron chi connectivity index (χ1n) is 7.31. The Bertz CT molecular complexity index is 478. The van der Waals surface area contributed by atoms with Gasteiger partial charge in [-0.2, -0.15) is 5.10 Å². The molecule has 20 heavy (non-hydrogen) atoms. The molecule has 6 nitrogen and oxygen atoms in total. The molecule has 1 saturated heterocycles. The van der Waals surface area contributed by atoms with Crippen molar-refractivity contribution < 1.29 is 9.53 Å². The molecule has 1 atom stereocenters. The second kappa shape index (κ2) is 6.15. The minimum absolute atomic E-state index is 0.164. The molecule has 0 aromatic carbocycles. The highest BCUT2D eigenvalue weighted by Gasteiger charge is 2.28.